The number of aliphatic hydroxyl groups is 1. The topological polar surface area (TPSA) is 68.2 Å². The average molecular weight is 295 g/mol. The monoisotopic (exact) mass is 295 g/mol. The van der Waals surface area contributed by atoms with Crippen LogP contribution in [0.3, 0.4) is 0 Å². The maximum Gasteiger partial charge on any atom is 0.258 e. The molecule has 1 N–H and O–H groups in total. The van der Waals surface area contributed by atoms with Crippen LogP contribution in [0.15, 0.2) is 12.1 Å². The maximum absolute atomic E-state index is 12.7. The molecule has 21 heavy (non-hydrogen) atoms. The molecule has 1 aliphatic heterocycles. The van der Waals surface area contributed by atoms with Crippen LogP contribution in [0.5, 0.6) is 17.2 Å². The minimum Gasteiger partial charge on any atom is -0.496 e. The number of methoxy groups -OCH3 is 3. The van der Waals surface area contributed by atoms with E-state index in [0.717, 1.165) is 12.8 Å². The summed E-state index contributed by atoms with van der Waals surface area (Å²) in [4.78, 5) is 14.4. The molecule has 0 aromatic heterocycles. The zero-order chi connectivity index (χ0) is 15.4. The van der Waals surface area contributed by atoms with Gasteiger partial charge in [0.25, 0.3) is 5.91 Å². The summed E-state index contributed by atoms with van der Waals surface area (Å²) >= 11 is 0. The van der Waals surface area contributed by atoms with Crippen molar-refractivity contribution in [3.05, 3.63) is 17.7 Å². The number of hydrogen-bond donors (Lipinski definition) is 1. The van der Waals surface area contributed by atoms with Crippen LogP contribution in [-0.2, 0) is 0 Å². The molecule has 6 nitrogen and oxygen atoms in total. The molecule has 0 aliphatic carbocycles. The Hall–Kier alpha value is -1.95. The summed E-state index contributed by atoms with van der Waals surface area (Å²) in [6, 6.07) is 3.12. The third-order valence-electron chi connectivity index (χ3n) is 3.78. The van der Waals surface area contributed by atoms with Gasteiger partial charge in [0.1, 0.15) is 5.75 Å². The van der Waals surface area contributed by atoms with Crippen molar-refractivity contribution in [1.29, 1.82) is 0 Å². The lowest BCUT2D eigenvalue weighted by Crippen LogP contribution is -2.37. The quantitative estimate of drug-likeness (QED) is 0.887. The summed E-state index contributed by atoms with van der Waals surface area (Å²) in [5, 5.41) is 9.37. The molecule has 116 valence electrons. The molecule has 1 aromatic carbocycles. The Bertz CT molecular complexity index is 517. The lowest BCUT2D eigenvalue weighted by atomic mass is 10.1. The van der Waals surface area contributed by atoms with Crippen molar-refractivity contribution >= 4 is 5.91 Å². The number of rotatable bonds is 5. The molecule has 1 aliphatic rings. The molecule has 0 spiro atoms. The molecule has 1 unspecified atom stereocenters. The first-order valence-electron chi connectivity index (χ1n) is 6.88. The largest absolute Gasteiger partial charge is 0.496 e. The molecule has 1 aromatic rings. The molecule has 0 radical (unpaired) electrons. The van der Waals surface area contributed by atoms with Crippen molar-refractivity contribution in [2.24, 2.45) is 0 Å². The van der Waals surface area contributed by atoms with E-state index in [1.54, 1.807) is 17.0 Å². The number of hydrogen-bond acceptors (Lipinski definition) is 5. The van der Waals surface area contributed by atoms with Crippen LogP contribution in [0.25, 0.3) is 0 Å². The number of carbonyl (C=O) groups is 1. The molecule has 0 saturated carbocycles. The second-order valence-electron chi connectivity index (χ2n) is 4.88. The van der Waals surface area contributed by atoms with Gasteiger partial charge in [-0.3, -0.25) is 4.79 Å². The van der Waals surface area contributed by atoms with E-state index in [0.29, 0.717) is 29.4 Å². The van der Waals surface area contributed by atoms with Crippen LogP contribution in [0.2, 0.25) is 0 Å². The van der Waals surface area contributed by atoms with Gasteiger partial charge >= 0.3 is 0 Å². The predicted octanol–water partition coefficient (Wildman–Crippen LogP) is 1.31. The lowest BCUT2D eigenvalue weighted by molar-refractivity contribution is 0.0674. The fourth-order valence-electron chi connectivity index (χ4n) is 2.64. The molecular formula is C15H21NO5. The van der Waals surface area contributed by atoms with Gasteiger partial charge in [-0.2, -0.15) is 0 Å². The second kappa shape index (κ2) is 6.67. The highest BCUT2D eigenvalue weighted by Gasteiger charge is 2.31. The van der Waals surface area contributed by atoms with Crippen LogP contribution in [0.4, 0.5) is 0 Å². The Kier molecular flexibility index (Phi) is 4.90. The van der Waals surface area contributed by atoms with Gasteiger partial charge in [-0.15, -0.1) is 0 Å². The standard InChI is InChI=1S/C15H21NO5/c1-19-12-8-14(21-3)13(20-2)7-11(12)15(18)16-6-4-5-10(16)9-17/h7-8,10,17H,4-6,9H2,1-3H3. The summed E-state index contributed by atoms with van der Waals surface area (Å²) in [6.45, 7) is 0.614. The van der Waals surface area contributed by atoms with Crippen molar-refractivity contribution in [2.45, 2.75) is 18.9 Å². The normalized spacial score (nSPS) is 17.7. The first-order chi connectivity index (χ1) is 10.2. The van der Waals surface area contributed by atoms with E-state index in [1.807, 2.05) is 0 Å². The van der Waals surface area contributed by atoms with Crippen molar-refractivity contribution < 1.29 is 24.1 Å². The van der Waals surface area contributed by atoms with Gasteiger partial charge in [-0.1, -0.05) is 0 Å². The van der Waals surface area contributed by atoms with Gasteiger partial charge in [-0.25, -0.2) is 0 Å². The van der Waals surface area contributed by atoms with Crippen molar-refractivity contribution in [1.82, 2.24) is 4.90 Å². The Morgan fingerprint density at radius 3 is 2.38 bits per heavy atom. The number of carbonyl (C=O) groups excluding carboxylic acids is 1. The van der Waals surface area contributed by atoms with Crippen molar-refractivity contribution in [3.63, 3.8) is 0 Å². The third-order valence-corrected chi connectivity index (χ3v) is 3.78. The van der Waals surface area contributed by atoms with Crippen LogP contribution < -0.4 is 14.2 Å². The molecular weight excluding hydrogens is 274 g/mol. The fourth-order valence-corrected chi connectivity index (χ4v) is 2.64. The summed E-state index contributed by atoms with van der Waals surface area (Å²) in [5.41, 5.74) is 0.413. The summed E-state index contributed by atoms with van der Waals surface area (Å²) in [7, 11) is 4.55. The highest BCUT2D eigenvalue weighted by molar-refractivity contribution is 5.98. The van der Waals surface area contributed by atoms with Gasteiger partial charge in [-0.05, 0) is 12.8 Å². The number of ether oxygens (including phenoxy) is 3. The fraction of sp³-hybridized carbons (Fsp3) is 0.533. The minimum absolute atomic E-state index is 0.0264. The van der Waals surface area contributed by atoms with Gasteiger partial charge < -0.3 is 24.2 Å². The Morgan fingerprint density at radius 1 is 1.19 bits per heavy atom. The average Bonchev–Trinajstić information content (AvgIpc) is 3.01. The molecule has 1 amide bonds. The Labute approximate surface area is 124 Å². The van der Waals surface area contributed by atoms with Crippen molar-refractivity contribution in [2.75, 3.05) is 34.5 Å². The molecule has 1 saturated heterocycles. The SMILES string of the molecule is COc1cc(OC)c(C(=O)N2CCCC2CO)cc1OC. The highest BCUT2D eigenvalue weighted by atomic mass is 16.5. The molecule has 0 bridgehead atoms. The van der Waals surface area contributed by atoms with E-state index >= 15 is 0 Å². The molecule has 1 atom stereocenters. The number of likely N-dealkylation sites (tertiary alicyclic amines) is 1. The summed E-state index contributed by atoms with van der Waals surface area (Å²) < 4.78 is 15.7. The molecule has 2 rings (SSSR count). The van der Waals surface area contributed by atoms with Gasteiger partial charge in [0, 0.05) is 18.7 Å². The number of amides is 1. The van der Waals surface area contributed by atoms with Gasteiger partial charge in [0.2, 0.25) is 0 Å². The van der Waals surface area contributed by atoms with Gasteiger partial charge in [0.05, 0.1) is 39.5 Å². The lowest BCUT2D eigenvalue weighted by Gasteiger charge is -2.24. The highest BCUT2D eigenvalue weighted by Crippen LogP contribution is 2.36. The van der Waals surface area contributed by atoms with Crippen LogP contribution in [-0.4, -0.2) is 56.4 Å². The Morgan fingerprint density at radius 2 is 1.81 bits per heavy atom. The zero-order valence-electron chi connectivity index (χ0n) is 12.6. The van der Waals surface area contributed by atoms with Crippen LogP contribution >= 0.6 is 0 Å². The number of nitrogens with zero attached hydrogens (tertiary/aromatic N) is 1. The molecule has 1 heterocycles. The van der Waals surface area contributed by atoms with E-state index in [2.05, 4.69) is 0 Å². The smallest absolute Gasteiger partial charge is 0.258 e. The van der Waals surface area contributed by atoms with E-state index in [-0.39, 0.29) is 18.6 Å². The van der Waals surface area contributed by atoms with E-state index in [4.69, 9.17) is 14.2 Å². The maximum atomic E-state index is 12.7. The second-order valence-corrected chi connectivity index (χ2v) is 4.88. The summed E-state index contributed by atoms with van der Waals surface area (Å²) in [6.07, 6.45) is 1.71. The van der Waals surface area contributed by atoms with E-state index in [1.165, 1.54) is 21.3 Å². The Balaban J connectivity index is 2.39. The number of benzene rings is 1. The first kappa shape index (κ1) is 15.4. The molecule has 6 heteroatoms. The van der Waals surface area contributed by atoms with Crippen LogP contribution in [0, 0.1) is 0 Å². The third kappa shape index (κ3) is 2.90. The van der Waals surface area contributed by atoms with E-state index in [9.17, 15) is 9.90 Å². The van der Waals surface area contributed by atoms with Gasteiger partial charge in [0.15, 0.2) is 11.5 Å². The van der Waals surface area contributed by atoms with Crippen molar-refractivity contribution in [3.8, 4) is 17.2 Å². The predicted molar refractivity (Wildman–Crippen MR) is 77.2 cm³/mol. The zero-order valence-corrected chi connectivity index (χ0v) is 12.6. The molecule has 1 fully saturated rings. The minimum atomic E-state index is -0.163. The number of aliphatic hydroxyl groups excluding tert-OH is 1. The van der Waals surface area contributed by atoms with E-state index < -0.39 is 0 Å². The first-order valence-corrected chi connectivity index (χ1v) is 6.88. The van der Waals surface area contributed by atoms with Crippen LogP contribution in [0.1, 0.15) is 23.2 Å². The summed E-state index contributed by atoms with van der Waals surface area (Å²) in [5.74, 6) is 1.25.